The van der Waals surface area contributed by atoms with E-state index in [4.69, 9.17) is 5.14 Å². The van der Waals surface area contributed by atoms with E-state index in [1.807, 2.05) is 30.0 Å². The number of nitrogens with zero attached hydrogens (tertiary/aromatic N) is 6. The molecule has 10 heteroatoms. The molecule has 0 atom stereocenters. The summed E-state index contributed by atoms with van der Waals surface area (Å²) in [6, 6.07) is 10.7. The van der Waals surface area contributed by atoms with Gasteiger partial charge in [-0.3, -0.25) is 0 Å². The van der Waals surface area contributed by atoms with Crippen LogP contribution in [0.3, 0.4) is 0 Å². The second-order valence-corrected chi connectivity index (χ2v) is 7.73. The van der Waals surface area contributed by atoms with Gasteiger partial charge in [0.05, 0.1) is 5.69 Å². The number of anilines is 2. The molecule has 2 N–H and O–H groups in total. The molecule has 3 aromatic rings. The number of aromatic nitrogens is 4. The number of benzene rings is 1. The van der Waals surface area contributed by atoms with E-state index in [-0.39, 0.29) is 4.90 Å². The zero-order valence-corrected chi connectivity index (χ0v) is 15.1. The highest BCUT2D eigenvalue weighted by Crippen LogP contribution is 2.26. The van der Waals surface area contributed by atoms with Crippen LogP contribution in [0.25, 0.3) is 5.65 Å². The van der Waals surface area contributed by atoms with Gasteiger partial charge in [-0.05, 0) is 31.2 Å². The van der Waals surface area contributed by atoms with Gasteiger partial charge in [-0.25, -0.2) is 13.6 Å². The molecule has 0 radical (unpaired) electrons. The first kappa shape index (κ1) is 16.7. The lowest BCUT2D eigenvalue weighted by molar-refractivity contribution is 0.595. The third-order valence-electron chi connectivity index (χ3n) is 4.52. The molecule has 0 aliphatic carbocycles. The zero-order chi connectivity index (χ0) is 18.3. The first-order valence-electron chi connectivity index (χ1n) is 8.24. The van der Waals surface area contributed by atoms with E-state index >= 15 is 0 Å². The van der Waals surface area contributed by atoms with Crippen LogP contribution in [0.5, 0.6) is 0 Å². The number of primary sulfonamides is 1. The average Bonchev–Trinajstić information content (AvgIpc) is 3.02. The molecule has 1 fully saturated rings. The summed E-state index contributed by atoms with van der Waals surface area (Å²) in [7, 11) is -3.76. The van der Waals surface area contributed by atoms with Crippen molar-refractivity contribution in [2.24, 2.45) is 5.14 Å². The normalized spacial score (nSPS) is 15.6. The molecule has 1 aliphatic heterocycles. The maximum absolute atomic E-state index is 11.8. The Labute approximate surface area is 151 Å². The Morgan fingerprint density at radius 3 is 2.38 bits per heavy atom. The van der Waals surface area contributed by atoms with E-state index in [0.717, 1.165) is 24.7 Å². The summed E-state index contributed by atoms with van der Waals surface area (Å²) in [5, 5.41) is 18.0. The van der Waals surface area contributed by atoms with Crippen LogP contribution in [0.2, 0.25) is 0 Å². The minimum Gasteiger partial charge on any atom is -0.367 e. The van der Waals surface area contributed by atoms with Crippen molar-refractivity contribution >= 4 is 27.2 Å². The van der Waals surface area contributed by atoms with E-state index < -0.39 is 10.0 Å². The smallest absolute Gasteiger partial charge is 0.240 e. The van der Waals surface area contributed by atoms with Crippen molar-refractivity contribution in [2.75, 3.05) is 36.0 Å². The Bertz CT molecular complexity index is 1060. The summed E-state index contributed by atoms with van der Waals surface area (Å²) in [6.07, 6.45) is 0. The highest BCUT2D eigenvalue weighted by Gasteiger charge is 2.23. The third-order valence-corrected chi connectivity index (χ3v) is 5.48. The quantitative estimate of drug-likeness (QED) is 0.708. The van der Waals surface area contributed by atoms with Crippen LogP contribution in [-0.2, 0) is 10.0 Å². The number of hydrogen-bond acceptors (Lipinski definition) is 7. The second-order valence-electron chi connectivity index (χ2n) is 6.20. The van der Waals surface area contributed by atoms with Gasteiger partial charge in [-0.2, -0.15) is 4.52 Å². The molecule has 136 valence electrons. The molecule has 0 amide bonds. The van der Waals surface area contributed by atoms with Crippen molar-refractivity contribution < 1.29 is 8.42 Å². The minimum atomic E-state index is -3.76. The number of rotatable bonds is 3. The second kappa shape index (κ2) is 6.22. The Hall–Kier alpha value is -2.72. The van der Waals surface area contributed by atoms with Crippen LogP contribution < -0.4 is 14.9 Å². The molecule has 26 heavy (non-hydrogen) atoms. The fourth-order valence-electron chi connectivity index (χ4n) is 3.19. The number of sulfonamides is 1. The molecular formula is C16H19N7O2S. The van der Waals surface area contributed by atoms with Gasteiger partial charge in [0.25, 0.3) is 0 Å². The van der Waals surface area contributed by atoms with Crippen molar-refractivity contribution in [3.05, 3.63) is 42.2 Å². The zero-order valence-electron chi connectivity index (χ0n) is 14.3. The lowest BCUT2D eigenvalue weighted by Gasteiger charge is -2.37. The molecule has 0 unspecified atom stereocenters. The number of piperazine rings is 1. The summed E-state index contributed by atoms with van der Waals surface area (Å²) >= 11 is 0. The molecule has 3 heterocycles. The molecule has 1 saturated heterocycles. The van der Waals surface area contributed by atoms with Gasteiger partial charge in [0.15, 0.2) is 11.5 Å². The molecule has 0 bridgehead atoms. The number of aryl methyl sites for hydroxylation is 1. The van der Waals surface area contributed by atoms with Crippen molar-refractivity contribution in [2.45, 2.75) is 11.8 Å². The monoisotopic (exact) mass is 373 g/mol. The topological polar surface area (TPSA) is 110 Å². The van der Waals surface area contributed by atoms with Gasteiger partial charge >= 0.3 is 0 Å². The fraction of sp³-hybridized carbons (Fsp3) is 0.312. The van der Waals surface area contributed by atoms with Crippen molar-refractivity contribution in [1.29, 1.82) is 0 Å². The van der Waals surface area contributed by atoms with Crippen LogP contribution in [0.4, 0.5) is 11.5 Å². The fourth-order valence-corrected chi connectivity index (χ4v) is 3.95. The van der Waals surface area contributed by atoms with Gasteiger partial charge in [0.1, 0.15) is 10.7 Å². The van der Waals surface area contributed by atoms with Crippen LogP contribution in [0.15, 0.2) is 41.3 Å². The third kappa shape index (κ3) is 2.97. The summed E-state index contributed by atoms with van der Waals surface area (Å²) in [5.74, 6) is 1.59. The van der Waals surface area contributed by atoms with Crippen LogP contribution in [0, 0.1) is 6.92 Å². The van der Waals surface area contributed by atoms with Gasteiger partial charge in [0, 0.05) is 26.2 Å². The van der Waals surface area contributed by atoms with Crippen LogP contribution >= 0.6 is 0 Å². The van der Waals surface area contributed by atoms with Crippen molar-refractivity contribution in [1.82, 2.24) is 19.8 Å². The summed E-state index contributed by atoms with van der Waals surface area (Å²) in [5.41, 5.74) is 1.36. The number of nitrogens with two attached hydrogens (primary N) is 1. The van der Waals surface area contributed by atoms with Gasteiger partial charge in [0.2, 0.25) is 10.0 Å². The molecular weight excluding hydrogens is 354 g/mol. The van der Waals surface area contributed by atoms with Crippen molar-refractivity contribution in [3.63, 3.8) is 0 Å². The first-order chi connectivity index (χ1) is 12.4. The SMILES string of the molecule is Cc1nnc2ccc(N3CCN(c4ccccc4S(N)(=O)=O)CC3)nn12. The summed E-state index contributed by atoms with van der Waals surface area (Å²) in [6.45, 7) is 4.65. The molecule has 1 aromatic carbocycles. The number of hydrogen-bond donors (Lipinski definition) is 1. The highest BCUT2D eigenvalue weighted by atomic mass is 32.2. The molecule has 0 spiro atoms. The van der Waals surface area contributed by atoms with Crippen LogP contribution in [0.1, 0.15) is 5.82 Å². The van der Waals surface area contributed by atoms with E-state index in [9.17, 15) is 8.42 Å². The number of para-hydroxylation sites is 1. The Morgan fingerprint density at radius 2 is 1.65 bits per heavy atom. The highest BCUT2D eigenvalue weighted by molar-refractivity contribution is 7.89. The van der Waals surface area contributed by atoms with Gasteiger partial charge in [-0.15, -0.1) is 15.3 Å². The average molecular weight is 373 g/mol. The molecule has 1 aliphatic rings. The lowest BCUT2D eigenvalue weighted by atomic mass is 10.2. The largest absolute Gasteiger partial charge is 0.367 e. The van der Waals surface area contributed by atoms with Gasteiger partial charge < -0.3 is 9.80 Å². The number of fused-ring (bicyclic) bond motifs is 1. The standard InChI is InChI=1S/C16H19N7O2S/c1-12-18-19-15-6-7-16(20-23(12)15)22-10-8-21(9-11-22)13-4-2-3-5-14(13)26(17,24)25/h2-7H,8-11H2,1H3,(H2,17,24,25). The molecule has 9 nitrogen and oxygen atoms in total. The predicted octanol–water partition coefficient (Wildman–Crippen LogP) is 0.407. The predicted molar refractivity (Wildman–Crippen MR) is 97.8 cm³/mol. The van der Waals surface area contributed by atoms with E-state index in [2.05, 4.69) is 20.2 Å². The maximum atomic E-state index is 11.8. The maximum Gasteiger partial charge on any atom is 0.240 e. The molecule has 2 aromatic heterocycles. The Morgan fingerprint density at radius 1 is 0.962 bits per heavy atom. The van der Waals surface area contributed by atoms with Crippen molar-refractivity contribution in [3.8, 4) is 0 Å². The van der Waals surface area contributed by atoms with Crippen LogP contribution in [-0.4, -0.2) is 54.4 Å². The Balaban J connectivity index is 1.55. The summed E-state index contributed by atoms with van der Waals surface area (Å²) < 4.78 is 25.4. The Kier molecular flexibility index (Phi) is 4.00. The summed E-state index contributed by atoms with van der Waals surface area (Å²) in [4.78, 5) is 4.36. The first-order valence-corrected chi connectivity index (χ1v) is 9.79. The molecule has 4 rings (SSSR count). The van der Waals surface area contributed by atoms with E-state index in [1.165, 1.54) is 0 Å². The molecule has 0 saturated carbocycles. The lowest BCUT2D eigenvalue weighted by Crippen LogP contribution is -2.47. The van der Waals surface area contributed by atoms with E-state index in [0.29, 0.717) is 24.4 Å². The van der Waals surface area contributed by atoms with E-state index in [1.54, 1.807) is 22.7 Å². The van der Waals surface area contributed by atoms with Gasteiger partial charge in [-0.1, -0.05) is 12.1 Å². The minimum absolute atomic E-state index is 0.160.